The molecule has 0 bridgehead atoms. The van der Waals surface area contributed by atoms with Crippen LogP contribution in [0.5, 0.6) is 5.75 Å². The monoisotopic (exact) mass is 271 g/mol. The van der Waals surface area contributed by atoms with Gasteiger partial charge in [0.05, 0.1) is 12.0 Å². The van der Waals surface area contributed by atoms with Crippen molar-refractivity contribution in [3.63, 3.8) is 0 Å². The Hall–Kier alpha value is -2.69. The van der Waals surface area contributed by atoms with E-state index < -0.39 is 4.92 Å². The van der Waals surface area contributed by atoms with E-state index in [1.807, 2.05) is 6.07 Å². The summed E-state index contributed by atoms with van der Waals surface area (Å²) >= 11 is 0. The van der Waals surface area contributed by atoms with Crippen molar-refractivity contribution >= 4 is 11.5 Å². The van der Waals surface area contributed by atoms with Gasteiger partial charge in [-0.05, 0) is 11.6 Å². The molecule has 20 heavy (non-hydrogen) atoms. The number of nitrogens with zero attached hydrogens (tertiary/aromatic N) is 1. The highest BCUT2D eigenvalue weighted by Crippen LogP contribution is 2.27. The summed E-state index contributed by atoms with van der Waals surface area (Å²) in [5.74, 6) is 0.120. The molecule has 102 valence electrons. The Morgan fingerprint density at radius 3 is 2.50 bits per heavy atom. The second-order valence-corrected chi connectivity index (χ2v) is 4.23. The highest BCUT2D eigenvalue weighted by molar-refractivity contribution is 5.97. The first-order valence-corrected chi connectivity index (χ1v) is 6.01. The maximum absolute atomic E-state index is 12.1. The molecule has 0 saturated carbocycles. The topological polar surface area (TPSA) is 69.4 Å². The van der Waals surface area contributed by atoms with Crippen LogP contribution in [0.15, 0.2) is 48.5 Å². The Balaban J connectivity index is 2.22. The lowest BCUT2D eigenvalue weighted by Gasteiger charge is -2.05. The van der Waals surface area contributed by atoms with Gasteiger partial charge in [0.1, 0.15) is 0 Å². The molecule has 0 atom stereocenters. The van der Waals surface area contributed by atoms with E-state index in [0.29, 0.717) is 11.1 Å². The maximum Gasteiger partial charge on any atom is 0.310 e. The number of rotatable bonds is 5. The minimum atomic E-state index is -0.512. The lowest BCUT2D eigenvalue weighted by atomic mass is 10.0. The first kappa shape index (κ1) is 13.7. The minimum Gasteiger partial charge on any atom is -0.490 e. The number of hydrogen-bond acceptors (Lipinski definition) is 4. The van der Waals surface area contributed by atoms with Crippen LogP contribution < -0.4 is 4.74 Å². The summed E-state index contributed by atoms with van der Waals surface area (Å²) in [5, 5.41) is 10.8. The number of Topliss-reactive ketones (excluding diaryl/α,β-unsaturated/α-hetero) is 1. The molecule has 2 aromatic carbocycles. The summed E-state index contributed by atoms with van der Waals surface area (Å²) in [4.78, 5) is 22.3. The van der Waals surface area contributed by atoms with Gasteiger partial charge < -0.3 is 4.74 Å². The van der Waals surface area contributed by atoms with Crippen LogP contribution in [0.4, 0.5) is 5.69 Å². The third-order valence-electron chi connectivity index (χ3n) is 2.90. The number of ketones is 1. The summed E-state index contributed by atoms with van der Waals surface area (Å²) in [6.07, 6.45) is 0.179. The number of nitro groups is 1. The van der Waals surface area contributed by atoms with Crippen LogP contribution in [0.1, 0.15) is 15.9 Å². The summed E-state index contributed by atoms with van der Waals surface area (Å²) in [6.45, 7) is 0. The molecule has 0 N–H and O–H groups in total. The van der Waals surface area contributed by atoms with Crippen LogP contribution in [0.3, 0.4) is 0 Å². The van der Waals surface area contributed by atoms with Gasteiger partial charge in [0.15, 0.2) is 11.5 Å². The maximum atomic E-state index is 12.1. The molecule has 0 aromatic heterocycles. The van der Waals surface area contributed by atoms with Crippen molar-refractivity contribution in [3.8, 4) is 5.75 Å². The minimum absolute atomic E-state index is 0.0403. The van der Waals surface area contributed by atoms with Crippen LogP contribution >= 0.6 is 0 Å². The van der Waals surface area contributed by atoms with Crippen molar-refractivity contribution in [1.29, 1.82) is 0 Å². The van der Waals surface area contributed by atoms with E-state index in [2.05, 4.69) is 0 Å². The van der Waals surface area contributed by atoms with E-state index in [4.69, 9.17) is 4.74 Å². The van der Waals surface area contributed by atoms with Crippen molar-refractivity contribution in [2.24, 2.45) is 0 Å². The fourth-order valence-corrected chi connectivity index (χ4v) is 1.89. The molecule has 0 radical (unpaired) electrons. The van der Waals surface area contributed by atoms with Gasteiger partial charge in [0, 0.05) is 18.1 Å². The van der Waals surface area contributed by atoms with Gasteiger partial charge >= 0.3 is 5.69 Å². The molecule has 0 aliphatic carbocycles. The zero-order valence-electron chi connectivity index (χ0n) is 10.9. The van der Waals surface area contributed by atoms with Crippen LogP contribution in [-0.2, 0) is 6.42 Å². The van der Waals surface area contributed by atoms with E-state index in [9.17, 15) is 14.9 Å². The second-order valence-electron chi connectivity index (χ2n) is 4.23. The normalized spacial score (nSPS) is 10.1. The number of hydrogen-bond donors (Lipinski definition) is 0. The quantitative estimate of drug-likeness (QED) is 0.476. The standard InChI is InChI=1S/C15H13NO4/c1-20-15-10-11(7-8-13(15)16(18)19)9-14(17)12-5-3-2-4-6-12/h2-8,10H,9H2,1H3. The second kappa shape index (κ2) is 5.97. The van der Waals surface area contributed by atoms with Crippen LogP contribution in [0.2, 0.25) is 0 Å². The summed E-state index contributed by atoms with van der Waals surface area (Å²) in [6, 6.07) is 13.4. The Morgan fingerprint density at radius 1 is 1.20 bits per heavy atom. The third kappa shape index (κ3) is 3.00. The highest BCUT2D eigenvalue weighted by Gasteiger charge is 2.16. The zero-order valence-corrected chi connectivity index (χ0v) is 10.9. The Bertz CT molecular complexity index is 638. The molecule has 2 rings (SSSR count). The average Bonchev–Trinajstić information content (AvgIpc) is 2.47. The lowest BCUT2D eigenvalue weighted by molar-refractivity contribution is -0.385. The van der Waals surface area contributed by atoms with Gasteiger partial charge in [0.2, 0.25) is 0 Å². The largest absolute Gasteiger partial charge is 0.490 e. The molecule has 0 spiro atoms. The Labute approximate surface area is 116 Å². The van der Waals surface area contributed by atoms with Crippen molar-refractivity contribution in [2.75, 3.05) is 7.11 Å². The summed E-state index contributed by atoms with van der Waals surface area (Å²) < 4.78 is 4.98. The first-order chi connectivity index (χ1) is 9.61. The molecule has 5 nitrogen and oxygen atoms in total. The molecule has 5 heteroatoms. The van der Waals surface area contributed by atoms with Crippen molar-refractivity contribution in [3.05, 3.63) is 69.8 Å². The van der Waals surface area contributed by atoms with Gasteiger partial charge in [0.25, 0.3) is 0 Å². The van der Waals surface area contributed by atoms with E-state index >= 15 is 0 Å². The lowest BCUT2D eigenvalue weighted by Crippen LogP contribution is -2.04. The van der Waals surface area contributed by atoms with E-state index in [-0.39, 0.29) is 23.6 Å². The number of nitro benzene ring substituents is 1. The number of carbonyl (C=O) groups excluding carboxylic acids is 1. The van der Waals surface area contributed by atoms with Gasteiger partial charge in [-0.3, -0.25) is 14.9 Å². The third-order valence-corrected chi connectivity index (χ3v) is 2.90. The van der Waals surface area contributed by atoms with Crippen LogP contribution in [-0.4, -0.2) is 17.8 Å². The predicted octanol–water partition coefficient (Wildman–Crippen LogP) is 3.03. The summed E-state index contributed by atoms with van der Waals surface area (Å²) in [7, 11) is 1.37. The molecular formula is C15H13NO4. The number of benzene rings is 2. The Morgan fingerprint density at radius 2 is 1.90 bits per heavy atom. The van der Waals surface area contributed by atoms with Gasteiger partial charge in [-0.25, -0.2) is 0 Å². The van der Waals surface area contributed by atoms with Gasteiger partial charge in [-0.15, -0.1) is 0 Å². The van der Waals surface area contributed by atoms with Crippen LogP contribution in [0, 0.1) is 10.1 Å². The van der Waals surface area contributed by atoms with Crippen molar-refractivity contribution < 1.29 is 14.5 Å². The smallest absolute Gasteiger partial charge is 0.310 e. The Kier molecular flexibility index (Phi) is 4.10. The van der Waals surface area contributed by atoms with Crippen molar-refractivity contribution in [2.45, 2.75) is 6.42 Å². The van der Waals surface area contributed by atoms with E-state index in [1.165, 1.54) is 19.2 Å². The SMILES string of the molecule is COc1cc(CC(=O)c2ccccc2)ccc1[N+](=O)[O-]. The number of carbonyl (C=O) groups is 1. The number of ether oxygens (including phenoxy) is 1. The van der Waals surface area contributed by atoms with Gasteiger partial charge in [-0.2, -0.15) is 0 Å². The molecule has 0 aliphatic heterocycles. The van der Waals surface area contributed by atoms with Gasteiger partial charge in [-0.1, -0.05) is 36.4 Å². The molecule has 0 amide bonds. The van der Waals surface area contributed by atoms with E-state index in [0.717, 1.165) is 0 Å². The zero-order chi connectivity index (χ0) is 14.5. The van der Waals surface area contributed by atoms with Crippen LogP contribution in [0.25, 0.3) is 0 Å². The number of methoxy groups -OCH3 is 1. The predicted molar refractivity (Wildman–Crippen MR) is 74.1 cm³/mol. The fraction of sp³-hybridized carbons (Fsp3) is 0.133. The molecule has 0 saturated heterocycles. The molecular weight excluding hydrogens is 258 g/mol. The molecule has 0 aliphatic rings. The molecule has 2 aromatic rings. The molecule has 0 heterocycles. The average molecular weight is 271 g/mol. The highest BCUT2D eigenvalue weighted by atomic mass is 16.6. The molecule has 0 unspecified atom stereocenters. The molecule has 0 fully saturated rings. The van der Waals surface area contributed by atoms with Crippen molar-refractivity contribution in [1.82, 2.24) is 0 Å². The van der Waals surface area contributed by atoms with E-state index in [1.54, 1.807) is 30.3 Å². The first-order valence-electron chi connectivity index (χ1n) is 6.01. The summed E-state index contributed by atoms with van der Waals surface area (Å²) in [5.41, 5.74) is 1.19. The fourth-order valence-electron chi connectivity index (χ4n) is 1.89.